The van der Waals surface area contributed by atoms with Crippen LogP contribution < -0.4 is 10.1 Å². The van der Waals surface area contributed by atoms with Gasteiger partial charge in [-0.2, -0.15) is 8.78 Å². The molecule has 4 nitrogen and oxygen atoms in total. The van der Waals surface area contributed by atoms with Crippen molar-refractivity contribution in [2.24, 2.45) is 5.41 Å². The maximum Gasteiger partial charge on any atom is 0.387 e. The van der Waals surface area contributed by atoms with E-state index in [1.165, 1.54) is 12.3 Å². The minimum atomic E-state index is -2.84. The SMILES string of the molecule is C[C@@]1(CO)CCC[C@@H]1Nc1ccc(OC(F)F)cn1. The fraction of sp³-hybridized carbons (Fsp3) is 0.615. The smallest absolute Gasteiger partial charge is 0.387 e. The molecule has 1 saturated carbocycles. The Bertz CT molecular complexity index is 414. The van der Waals surface area contributed by atoms with Gasteiger partial charge in [0, 0.05) is 11.5 Å². The molecule has 2 N–H and O–H groups in total. The summed E-state index contributed by atoms with van der Waals surface area (Å²) in [6.07, 6.45) is 4.25. The Kier molecular flexibility index (Phi) is 4.19. The predicted octanol–water partition coefficient (Wildman–Crippen LogP) is 2.65. The molecule has 0 aromatic carbocycles. The molecule has 6 heteroatoms. The van der Waals surface area contributed by atoms with Gasteiger partial charge in [-0.3, -0.25) is 0 Å². The van der Waals surface area contributed by atoms with Crippen molar-refractivity contribution in [3.63, 3.8) is 0 Å². The average molecular weight is 272 g/mol. The van der Waals surface area contributed by atoms with E-state index in [0.29, 0.717) is 5.82 Å². The number of anilines is 1. The quantitative estimate of drug-likeness (QED) is 0.865. The van der Waals surface area contributed by atoms with Gasteiger partial charge in [-0.15, -0.1) is 0 Å². The molecule has 0 aliphatic heterocycles. The van der Waals surface area contributed by atoms with E-state index in [0.717, 1.165) is 19.3 Å². The molecule has 0 bridgehead atoms. The van der Waals surface area contributed by atoms with Crippen LogP contribution in [0, 0.1) is 5.41 Å². The van der Waals surface area contributed by atoms with Gasteiger partial charge in [0.1, 0.15) is 11.6 Å². The summed E-state index contributed by atoms with van der Waals surface area (Å²) >= 11 is 0. The van der Waals surface area contributed by atoms with E-state index in [1.807, 2.05) is 6.92 Å². The fourth-order valence-electron chi connectivity index (χ4n) is 2.49. The third kappa shape index (κ3) is 3.32. The third-order valence-corrected chi connectivity index (χ3v) is 3.73. The molecule has 2 atom stereocenters. The monoisotopic (exact) mass is 272 g/mol. The van der Waals surface area contributed by atoms with Crippen molar-refractivity contribution >= 4 is 5.82 Å². The lowest BCUT2D eigenvalue weighted by atomic mass is 9.86. The molecular weight excluding hydrogens is 254 g/mol. The molecule has 1 aliphatic rings. The lowest BCUT2D eigenvalue weighted by molar-refractivity contribution is -0.0500. The van der Waals surface area contributed by atoms with Crippen molar-refractivity contribution in [2.45, 2.75) is 38.8 Å². The second kappa shape index (κ2) is 5.69. The van der Waals surface area contributed by atoms with E-state index in [1.54, 1.807) is 6.07 Å². The number of pyridine rings is 1. The van der Waals surface area contributed by atoms with E-state index < -0.39 is 6.61 Å². The van der Waals surface area contributed by atoms with E-state index >= 15 is 0 Å². The number of aliphatic hydroxyl groups excluding tert-OH is 1. The molecule has 106 valence electrons. The summed E-state index contributed by atoms with van der Waals surface area (Å²) in [4.78, 5) is 4.04. The van der Waals surface area contributed by atoms with Crippen LogP contribution in [0.25, 0.3) is 0 Å². The summed E-state index contributed by atoms with van der Waals surface area (Å²) in [5, 5.41) is 12.7. The van der Waals surface area contributed by atoms with Crippen LogP contribution in [0.1, 0.15) is 26.2 Å². The topological polar surface area (TPSA) is 54.4 Å². The van der Waals surface area contributed by atoms with Crippen molar-refractivity contribution in [1.82, 2.24) is 4.98 Å². The van der Waals surface area contributed by atoms with Crippen LogP contribution in [0.4, 0.5) is 14.6 Å². The minimum absolute atomic E-state index is 0.0388. The first-order valence-electron chi connectivity index (χ1n) is 6.32. The van der Waals surface area contributed by atoms with Gasteiger partial charge in [-0.05, 0) is 25.0 Å². The lowest BCUT2D eigenvalue weighted by Crippen LogP contribution is -2.36. The number of nitrogens with one attached hydrogen (secondary N) is 1. The number of alkyl halides is 2. The summed E-state index contributed by atoms with van der Waals surface area (Å²) in [5.41, 5.74) is -0.153. The van der Waals surface area contributed by atoms with Gasteiger partial charge >= 0.3 is 6.61 Å². The molecule has 1 aromatic rings. The van der Waals surface area contributed by atoms with Gasteiger partial charge in [-0.25, -0.2) is 4.98 Å². The standard InChI is InChI=1S/C13H18F2N2O2/c1-13(8-18)6-2-3-10(13)17-11-5-4-9(7-16-11)19-12(14)15/h4-5,7,10,12,18H,2-3,6,8H2,1H3,(H,16,17)/t10-,13-/m0/s1. The maximum atomic E-state index is 12.0. The molecule has 1 aliphatic carbocycles. The molecule has 1 heterocycles. The molecule has 0 radical (unpaired) electrons. The Hall–Kier alpha value is -1.43. The highest BCUT2D eigenvalue weighted by atomic mass is 19.3. The summed E-state index contributed by atoms with van der Waals surface area (Å²) in [6, 6.07) is 3.20. The molecule has 1 fully saturated rings. The third-order valence-electron chi connectivity index (χ3n) is 3.73. The fourth-order valence-corrected chi connectivity index (χ4v) is 2.49. The Labute approximate surface area is 110 Å². The van der Waals surface area contributed by atoms with Crippen LogP contribution in [-0.4, -0.2) is 29.4 Å². The number of ether oxygens (including phenoxy) is 1. The number of hydrogen-bond donors (Lipinski definition) is 2. The van der Waals surface area contributed by atoms with Crippen molar-refractivity contribution in [2.75, 3.05) is 11.9 Å². The van der Waals surface area contributed by atoms with E-state index in [4.69, 9.17) is 0 Å². The van der Waals surface area contributed by atoms with Crippen molar-refractivity contribution in [1.29, 1.82) is 0 Å². The van der Waals surface area contributed by atoms with Crippen LogP contribution in [0.3, 0.4) is 0 Å². The summed E-state index contributed by atoms with van der Waals surface area (Å²) < 4.78 is 28.2. The molecule has 19 heavy (non-hydrogen) atoms. The molecule has 0 spiro atoms. The molecule has 0 unspecified atom stereocenters. The number of aliphatic hydroxyl groups is 1. The first-order chi connectivity index (χ1) is 9.03. The van der Waals surface area contributed by atoms with Crippen LogP contribution in [0.15, 0.2) is 18.3 Å². The second-order valence-corrected chi connectivity index (χ2v) is 5.16. The molecule has 0 saturated heterocycles. The molecule has 0 amide bonds. The van der Waals surface area contributed by atoms with Crippen LogP contribution in [0.2, 0.25) is 0 Å². The maximum absolute atomic E-state index is 12.0. The number of hydrogen-bond acceptors (Lipinski definition) is 4. The Morgan fingerprint density at radius 1 is 1.58 bits per heavy atom. The number of nitrogens with zero attached hydrogens (tertiary/aromatic N) is 1. The average Bonchev–Trinajstić information content (AvgIpc) is 2.74. The summed E-state index contributed by atoms with van der Waals surface area (Å²) in [5.74, 6) is 0.644. The summed E-state index contributed by atoms with van der Waals surface area (Å²) in [7, 11) is 0. The normalized spacial score (nSPS) is 26.7. The van der Waals surface area contributed by atoms with E-state index in [9.17, 15) is 13.9 Å². The summed E-state index contributed by atoms with van der Waals surface area (Å²) in [6.45, 7) is -0.684. The van der Waals surface area contributed by atoms with E-state index in [-0.39, 0.29) is 23.8 Å². The number of halogens is 2. The van der Waals surface area contributed by atoms with Crippen molar-refractivity contribution in [3.05, 3.63) is 18.3 Å². The Balaban J connectivity index is 1.99. The molecule has 1 aromatic heterocycles. The molecule has 2 rings (SSSR count). The highest BCUT2D eigenvalue weighted by Gasteiger charge is 2.38. The Morgan fingerprint density at radius 3 is 2.95 bits per heavy atom. The van der Waals surface area contributed by atoms with Crippen LogP contribution in [-0.2, 0) is 0 Å². The van der Waals surface area contributed by atoms with E-state index in [2.05, 4.69) is 15.0 Å². The first kappa shape index (κ1) is 14.0. The first-order valence-corrected chi connectivity index (χ1v) is 6.32. The number of rotatable bonds is 5. The zero-order chi connectivity index (χ0) is 13.9. The lowest BCUT2D eigenvalue weighted by Gasteiger charge is -2.30. The molecular formula is C13H18F2N2O2. The van der Waals surface area contributed by atoms with Gasteiger partial charge in [0.2, 0.25) is 0 Å². The highest BCUT2D eigenvalue weighted by molar-refractivity contribution is 5.39. The zero-order valence-corrected chi connectivity index (χ0v) is 10.8. The highest BCUT2D eigenvalue weighted by Crippen LogP contribution is 2.39. The van der Waals surface area contributed by atoms with Crippen LogP contribution >= 0.6 is 0 Å². The van der Waals surface area contributed by atoms with Gasteiger partial charge in [0.25, 0.3) is 0 Å². The van der Waals surface area contributed by atoms with Gasteiger partial charge in [0.15, 0.2) is 0 Å². The zero-order valence-electron chi connectivity index (χ0n) is 10.8. The minimum Gasteiger partial charge on any atom is -0.433 e. The predicted molar refractivity (Wildman–Crippen MR) is 67.3 cm³/mol. The second-order valence-electron chi connectivity index (χ2n) is 5.16. The van der Waals surface area contributed by atoms with Gasteiger partial charge in [-0.1, -0.05) is 13.3 Å². The van der Waals surface area contributed by atoms with Crippen molar-refractivity contribution in [3.8, 4) is 5.75 Å². The van der Waals surface area contributed by atoms with Crippen LogP contribution in [0.5, 0.6) is 5.75 Å². The van der Waals surface area contributed by atoms with Gasteiger partial charge in [0.05, 0.1) is 12.8 Å². The Morgan fingerprint density at radius 2 is 2.37 bits per heavy atom. The van der Waals surface area contributed by atoms with Crippen molar-refractivity contribution < 1.29 is 18.6 Å². The van der Waals surface area contributed by atoms with Gasteiger partial charge < -0.3 is 15.2 Å². The number of aromatic nitrogens is 1. The largest absolute Gasteiger partial charge is 0.433 e.